The number of amides is 2. The van der Waals surface area contributed by atoms with Gasteiger partial charge < -0.3 is 5.11 Å². The Hall–Kier alpha value is -3.31. The normalized spacial score (nSPS) is 28.9. The smallest absolute Gasteiger partial charge is 0.239 e. The summed E-state index contributed by atoms with van der Waals surface area (Å²) < 4.78 is 13.5. The zero-order valence-electron chi connectivity index (χ0n) is 16.8. The molecule has 1 N–H and O–H groups in total. The van der Waals surface area contributed by atoms with Crippen LogP contribution in [0.3, 0.4) is 0 Å². The first kappa shape index (κ1) is 18.5. The zero-order valence-corrected chi connectivity index (χ0v) is 16.8. The summed E-state index contributed by atoms with van der Waals surface area (Å²) in [6.07, 6.45) is -0.895. The Kier molecular flexibility index (Phi) is 3.64. The Bertz CT molecular complexity index is 1200. The molecule has 1 aliphatic heterocycles. The van der Waals surface area contributed by atoms with Crippen LogP contribution in [0.2, 0.25) is 0 Å². The van der Waals surface area contributed by atoms with E-state index in [0.717, 1.165) is 22.3 Å². The van der Waals surface area contributed by atoms with Crippen LogP contribution in [0.5, 0.6) is 0 Å². The van der Waals surface area contributed by atoms with Gasteiger partial charge in [-0.1, -0.05) is 48.5 Å². The van der Waals surface area contributed by atoms with E-state index in [2.05, 4.69) is 0 Å². The van der Waals surface area contributed by atoms with Gasteiger partial charge in [0.25, 0.3) is 0 Å². The molecule has 0 radical (unpaired) electrons. The van der Waals surface area contributed by atoms with E-state index < -0.39 is 29.2 Å². The van der Waals surface area contributed by atoms with Crippen LogP contribution in [0.4, 0.5) is 10.1 Å². The highest BCUT2D eigenvalue weighted by Gasteiger charge is 2.69. The molecule has 1 fully saturated rings. The highest BCUT2D eigenvalue weighted by Crippen LogP contribution is 2.65. The maximum atomic E-state index is 13.9. The molecule has 3 aliphatic carbocycles. The molecule has 0 aromatic heterocycles. The molecule has 4 nitrogen and oxygen atoms in total. The summed E-state index contributed by atoms with van der Waals surface area (Å²) in [4.78, 5) is 28.8. The van der Waals surface area contributed by atoms with E-state index in [-0.39, 0.29) is 17.7 Å². The lowest BCUT2D eigenvalue weighted by Gasteiger charge is -2.55. The molecule has 0 saturated carbocycles. The highest BCUT2D eigenvalue weighted by molar-refractivity contribution is 6.23. The minimum Gasteiger partial charge on any atom is -0.392 e. The summed E-state index contributed by atoms with van der Waals surface area (Å²) in [6.45, 7) is 1.70. The third-order valence-corrected chi connectivity index (χ3v) is 7.43. The van der Waals surface area contributed by atoms with Gasteiger partial charge in [0.15, 0.2) is 0 Å². The zero-order chi connectivity index (χ0) is 21.5. The standard InChI is InChI=1S/C26H20FNO3/c1-14(29)26-19-8-4-2-6-17(19)21(18-7-3-5-9-20(18)26)22-23(26)25(31)28(24(22)30)16-12-10-15(27)11-13-16/h2-14,21-23,29H,1H3/t14-,21?,22+,23-,26?/m0/s1. The number of anilines is 1. The van der Waals surface area contributed by atoms with E-state index in [1.807, 2.05) is 48.5 Å². The molecule has 0 spiro atoms. The summed E-state index contributed by atoms with van der Waals surface area (Å²) in [5.74, 6) is -2.66. The fourth-order valence-electron chi connectivity index (χ4n) is 6.38. The van der Waals surface area contributed by atoms with Crippen molar-refractivity contribution in [2.45, 2.75) is 24.4 Å². The molecule has 3 aromatic rings. The van der Waals surface area contributed by atoms with Crippen LogP contribution < -0.4 is 4.90 Å². The highest BCUT2D eigenvalue weighted by atomic mass is 19.1. The largest absolute Gasteiger partial charge is 0.392 e. The Morgan fingerprint density at radius 3 is 1.97 bits per heavy atom. The van der Waals surface area contributed by atoms with Gasteiger partial charge in [-0.25, -0.2) is 9.29 Å². The van der Waals surface area contributed by atoms with E-state index >= 15 is 0 Å². The third kappa shape index (κ3) is 2.07. The van der Waals surface area contributed by atoms with Gasteiger partial charge in [-0.05, 0) is 53.4 Å². The van der Waals surface area contributed by atoms with Crippen molar-refractivity contribution in [1.29, 1.82) is 0 Å². The number of nitrogens with zero attached hydrogens (tertiary/aromatic N) is 1. The van der Waals surface area contributed by atoms with Crippen molar-refractivity contribution < 1.29 is 19.1 Å². The molecule has 31 heavy (non-hydrogen) atoms. The van der Waals surface area contributed by atoms with E-state index in [9.17, 15) is 19.1 Å². The van der Waals surface area contributed by atoms with Crippen LogP contribution in [0.1, 0.15) is 35.1 Å². The second-order valence-corrected chi connectivity index (χ2v) is 8.69. The maximum Gasteiger partial charge on any atom is 0.239 e. The van der Waals surface area contributed by atoms with Gasteiger partial charge in [0.05, 0.1) is 29.0 Å². The third-order valence-electron chi connectivity index (χ3n) is 7.43. The second kappa shape index (κ2) is 6.11. The molecule has 4 aliphatic rings. The number of hydrogen-bond acceptors (Lipinski definition) is 3. The molecule has 7 rings (SSSR count). The second-order valence-electron chi connectivity index (χ2n) is 8.69. The lowest BCUT2D eigenvalue weighted by atomic mass is 9.46. The first-order valence-electron chi connectivity index (χ1n) is 10.5. The summed E-state index contributed by atoms with van der Waals surface area (Å²) in [6, 6.07) is 21.1. The van der Waals surface area contributed by atoms with E-state index in [1.165, 1.54) is 29.2 Å². The van der Waals surface area contributed by atoms with Gasteiger partial charge in [-0.2, -0.15) is 0 Å². The van der Waals surface area contributed by atoms with E-state index in [0.29, 0.717) is 5.69 Å². The number of benzene rings is 3. The Labute approximate surface area is 178 Å². The van der Waals surface area contributed by atoms with Crippen LogP contribution in [0.25, 0.3) is 0 Å². The van der Waals surface area contributed by atoms with Crippen molar-refractivity contribution in [2.75, 3.05) is 4.90 Å². The number of aliphatic hydroxyl groups is 1. The molecule has 1 saturated heterocycles. The fraction of sp³-hybridized carbons (Fsp3) is 0.231. The molecule has 3 aromatic carbocycles. The molecule has 2 bridgehead atoms. The quantitative estimate of drug-likeness (QED) is 0.651. The van der Waals surface area contributed by atoms with E-state index in [4.69, 9.17) is 0 Å². The molecule has 3 atom stereocenters. The van der Waals surface area contributed by atoms with Crippen molar-refractivity contribution in [3.63, 3.8) is 0 Å². The number of halogens is 1. The number of carbonyl (C=O) groups excluding carboxylic acids is 2. The molecule has 154 valence electrons. The van der Waals surface area contributed by atoms with Crippen molar-refractivity contribution in [2.24, 2.45) is 11.8 Å². The number of hydrogen-bond donors (Lipinski definition) is 1. The Morgan fingerprint density at radius 2 is 1.42 bits per heavy atom. The number of carbonyl (C=O) groups is 2. The molecule has 5 heteroatoms. The van der Waals surface area contributed by atoms with Crippen molar-refractivity contribution in [3.8, 4) is 0 Å². The minimum absolute atomic E-state index is 0.264. The Balaban J connectivity index is 1.66. The fourth-order valence-corrected chi connectivity index (χ4v) is 6.38. The van der Waals surface area contributed by atoms with Crippen LogP contribution in [-0.4, -0.2) is 23.0 Å². The van der Waals surface area contributed by atoms with Crippen molar-refractivity contribution in [1.82, 2.24) is 0 Å². The van der Waals surface area contributed by atoms with E-state index in [1.54, 1.807) is 6.92 Å². The minimum atomic E-state index is -1.02. The first-order chi connectivity index (χ1) is 15.0. The maximum absolute atomic E-state index is 13.9. The van der Waals surface area contributed by atoms with Gasteiger partial charge in [0.2, 0.25) is 11.8 Å². The lowest BCUT2D eigenvalue weighted by Crippen LogP contribution is -2.58. The van der Waals surface area contributed by atoms with Gasteiger partial charge in [0.1, 0.15) is 5.82 Å². The number of imide groups is 1. The van der Waals surface area contributed by atoms with Crippen LogP contribution in [-0.2, 0) is 15.0 Å². The number of rotatable bonds is 2. The number of aliphatic hydroxyl groups excluding tert-OH is 1. The van der Waals surface area contributed by atoms with Gasteiger partial charge in [-0.3, -0.25) is 9.59 Å². The molecule has 1 heterocycles. The summed E-state index contributed by atoms with van der Waals surface area (Å²) in [5, 5.41) is 11.3. The van der Waals surface area contributed by atoms with Crippen LogP contribution >= 0.6 is 0 Å². The molecule has 2 amide bonds. The Morgan fingerprint density at radius 1 is 0.871 bits per heavy atom. The molecular weight excluding hydrogens is 393 g/mol. The lowest BCUT2D eigenvalue weighted by molar-refractivity contribution is -0.126. The van der Waals surface area contributed by atoms with Gasteiger partial charge >= 0.3 is 0 Å². The van der Waals surface area contributed by atoms with Crippen molar-refractivity contribution >= 4 is 17.5 Å². The predicted molar refractivity (Wildman–Crippen MR) is 113 cm³/mol. The van der Waals surface area contributed by atoms with Crippen LogP contribution in [0, 0.1) is 17.7 Å². The summed E-state index contributed by atoms with van der Waals surface area (Å²) >= 11 is 0. The topological polar surface area (TPSA) is 57.6 Å². The first-order valence-corrected chi connectivity index (χ1v) is 10.5. The van der Waals surface area contributed by atoms with Gasteiger partial charge in [0, 0.05) is 5.92 Å². The average Bonchev–Trinajstić information content (AvgIpc) is 3.05. The van der Waals surface area contributed by atoms with Crippen LogP contribution in [0.15, 0.2) is 72.8 Å². The predicted octanol–water partition coefficient (Wildman–Crippen LogP) is 3.76. The van der Waals surface area contributed by atoms with Crippen molar-refractivity contribution in [3.05, 3.63) is 101 Å². The average molecular weight is 413 g/mol. The molecule has 0 unspecified atom stereocenters. The summed E-state index contributed by atoms with van der Waals surface area (Å²) in [5.41, 5.74) is 3.15. The summed E-state index contributed by atoms with van der Waals surface area (Å²) in [7, 11) is 0. The van der Waals surface area contributed by atoms with Gasteiger partial charge in [-0.15, -0.1) is 0 Å². The SMILES string of the molecule is C[C@H](O)C12c3ccccc3C(c3ccccc31)[C@H]1C(=O)N(c3ccc(F)cc3)C(=O)[C@H]12. The monoisotopic (exact) mass is 413 g/mol. The molecular formula is C26H20FNO3.